The van der Waals surface area contributed by atoms with Gasteiger partial charge in [-0.1, -0.05) is 42.1 Å². The Balaban J connectivity index is 1.72. The van der Waals surface area contributed by atoms with Gasteiger partial charge in [0, 0.05) is 16.9 Å². The highest BCUT2D eigenvalue weighted by molar-refractivity contribution is 8.00. The predicted octanol–water partition coefficient (Wildman–Crippen LogP) is 4.71. The van der Waals surface area contributed by atoms with Crippen LogP contribution in [-0.4, -0.2) is 21.1 Å². The van der Waals surface area contributed by atoms with Crippen LogP contribution < -0.4 is 5.32 Å². The number of carbonyl (C=O) groups is 1. The molecule has 1 heterocycles. The number of aromatic nitrogens is 2. The summed E-state index contributed by atoms with van der Waals surface area (Å²) in [6.07, 6.45) is 0. The third-order valence-corrected chi connectivity index (χ3v) is 4.63. The van der Waals surface area contributed by atoms with Crippen LogP contribution >= 0.6 is 11.8 Å². The highest BCUT2D eigenvalue weighted by atomic mass is 32.2. The molecule has 26 heavy (non-hydrogen) atoms. The zero-order valence-electron chi connectivity index (χ0n) is 14.4. The summed E-state index contributed by atoms with van der Waals surface area (Å²) in [4.78, 5) is 21.4. The molecule has 132 valence electrons. The number of anilines is 1. The van der Waals surface area contributed by atoms with Crippen molar-refractivity contribution in [3.05, 3.63) is 72.2 Å². The molecule has 1 atom stereocenters. The quantitative estimate of drug-likeness (QED) is 0.524. The molecule has 3 rings (SSSR count). The van der Waals surface area contributed by atoms with Crippen molar-refractivity contribution in [2.75, 3.05) is 5.32 Å². The van der Waals surface area contributed by atoms with Crippen molar-refractivity contribution in [1.82, 2.24) is 9.97 Å². The van der Waals surface area contributed by atoms with E-state index in [9.17, 15) is 9.18 Å². The second kappa shape index (κ2) is 8.10. The zero-order chi connectivity index (χ0) is 18.5. The Kier molecular flexibility index (Phi) is 5.63. The van der Waals surface area contributed by atoms with Crippen LogP contribution in [-0.2, 0) is 4.79 Å². The van der Waals surface area contributed by atoms with E-state index >= 15 is 0 Å². The number of aryl methyl sites for hydroxylation is 1. The smallest absolute Gasteiger partial charge is 0.237 e. The molecule has 3 aromatic rings. The fraction of sp³-hybridized carbons (Fsp3) is 0.150. The van der Waals surface area contributed by atoms with Gasteiger partial charge < -0.3 is 5.32 Å². The maximum atomic E-state index is 13.0. The van der Waals surface area contributed by atoms with E-state index in [0.29, 0.717) is 10.8 Å². The number of hydrogen-bond donors (Lipinski definition) is 1. The number of amides is 1. The number of nitrogens with zero attached hydrogens (tertiary/aromatic N) is 2. The first-order chi connectivity index (χ1) is 12.5. The van der Waals surface area contributed by atoms with Gasteiger partial charge >= 0.3 is 0 Å². The van der Waals surface area contributed by atoms with E-state index in [1.807, 2.05) is 43.3 Å². The number of hydrogen-bond acceptors (Lipinski definition) is 4. The van der Waals surface area contributed by atoms with Gasteiger partial charge in [0.25, 0.3) is 0 Å². The van der Waals surface area contributed by atoms with Gasteiger partial charge in [0.1, 0.15) is 5.82 Å². The molecule has 0 aliphatic carbocycles. The molecule has 0 aliphatic rings. The lowest BCUT2D eigenvalue weighted by Crippen LogP contribution is -2.22. The van der Waals surface area contributed by atoms with E-state index < -0.39 is 5.25 Å². The monoisotopic (exact) mass is 367 g/mol. The minimum Gasteiger partial charge on any atom is -0.325 e. The molecule has 1 N–H and O–H groups in total. The van der Waals surface area contributed by atoms with Crippen molar-refractivity contribution in [2.45, 2.75) is 24.3 Å². The highest BCUT2D eigenvalue weighted by Crippen LogP contribution is 2.25. The Morgan fingerprint density at radius 1 is 1.08 bits per heavy atom. The molecule has 0 aliphatic heterocycles. The van der Waals surface area contributed by atoms with Gasteiger partial charge in [-0.05, 0) is 44.2 Å². The lowest BCUT2D eigenvalue weighted by molar-refractivity contribution is -0.115. The van der Waals surface area contributed by atoms with Gasteiger partial charge in [0.05, 0.1) is 10.9 Å². The van der Waals surface area contributed by atoms with Crippen LogP contribution in [0.5, 0.6) is 0 Å². The van der Waals surface area contributed by atoms with Gasteiger partial charge in [0.15, 0.2) is 5.16 Å². The SMILES string of the molecule is Cc1cc(-c2ccccc2)nc(S[C@H](C)C(=O)Nc2ccc(F)cc2)n1. The van der Waals surface area contributed by atoms with E-state index in [0.717, 1.165) is 17.0 Å². The lowest BCUT2D eigenvalue weighted by atomic mass is 10.1. The van der Waals surface area contributed by atoms with Crippen molar-refractivity contribution < 1.29 is 9.18 Å². The first-order valence-electron chi connectivity index (χ1n) is 8.15. The Morgan fingerprint density at radius 3 is 2.46 bits per heavy atom. The normalized spacial score (nSPS) is 11.8. The highest BCUT2D eigenvalue weighted by Gasteiger charge is 2.17. The van der Waals surface area contributed by atoms with Crippen LogP contribution in [0.2, 0.25) is 0 Å². The van der Waals surface area contributed by atoms with Crippen molar-refractivity contribution in [2.24, 2.45) is 0 Å². The molecule has 0 saturated carbocycles. The van der Waals surface area contributed by atoms with E-state index in [4.69, 9.17) is 0 Å². The molecule has 0 radical (unpaired) electrons. The van der Waals surface area contributed by atoms with Crippen LogP contribution in [0.4, 0.5) is 10.1 Å². The van der Waals surface area contributed by atoms with E-state index in [2.05, 4.69) is 15.3 Å². The molecule has 1 amide bonds. The molecule has 6 heteroatoms. The number of rotatable bonds is 5. The first-order valence-corrected chi connectivity index (χ1v) is 9.03. The third kappa shape index (κ3) is 4.67. The lowest BCUT2D eigenvalue weighted by Gasteiger charge is -2.12. The summed E-state index contributed by atoms with van der Waals surface area (Å²) in [5, 5.41) is 2.92. The maximum absolute atomic E-state index is 13.0. The molecule has 1 aromatic heterocycles. The molecule has 4 nitrogen and oxygen atoms in total. The van der Waals surface area contributed by atoms with Gasteiger partial charge in [-0.3, -0.25) is 4.79 Å². The topological polar surface area (TPSA) is 54.9 Å². The van der Waals surface area contributed by atoms with E-state index in [1.165, 1.54) is 36.0 Å². The van der Waals surface area contributed by atoms with Crippen molar-refractivity contribution >= 4 is 23.4 Å². The van der Waals surface area contributed by atoms with Gasteiger partial charge in [-0.15, -0.1) is 0 Å². The Bertz CT molecular complexity index is 901. The summed E-state index contributed by atoms with van der Waals surface area (Å²) >= 11 is 1.29. The summed E-state index contributed by atoms with van der Waals surface area (Å²) in [7, 11) is 0. The second-order valence-electron chi connectivity index (χ2n) is 5.80. The van der Waals surface area contributed by atoms with Crippen molar-refractivity contribution in [3.8, 4) is 11.3 Å². The zero-order valence-corrected chi connectivity index (χ0v) is 15.3. The van der Waals surface area contributed by atoms with Crippen LogP contribution in [0, 0.1) is 12.7 Å². The molecular weight excluding hydrogens is 349 g/mol. The second-order valence-corrected chi connectivity index (χ2v) is 7.11. The molecule has 2 aromatic carbocycles. The Morgan fingerprint density at radius 2 is 1.77 bits per heavy atom. The average Bonchev–Trinajstić information content (AvgIpc) is 2.64. The predicted molar refractivity (Wildman–Crippen MR) is 103 cm³/mol. The summed E-state index contributed by atoms with van der Waals surface area (Å²) < 4.78 is 13.0. The molecule has 0 bridgehead atoms. The van der Waals surface area contributed by atoms with Gasteiger partial charge in [-0.25, -0.2) is 14.4 Å². The maximum Gasteiger partial charge on any atom is 0.237 e. The molecule has 0 fully saturated rings. The fourth-order valence-electron chi connectivity index (χ4n) is 2.34. The number of thioether (sulfide) groups is 1. The summed E-state index contributed by atoms with van der Waals surface area (Å²) in [6.45, 7) is 3.69. The Labute approximate surface area is 155 Å². The summed E-state index contributed by atoms with van der Waals surface area (Å²) in [5.74, 6) is -0.528. The van der Waals surface area contributed by atoms with Crippen LogP contribution in [0.15, 0.2) is 65.8 Å². The van der Waals surface area contributed by atoms with E-state index in [-0.39, 0.29) is 11.7 Å². The van der Waals surface area contributed by atoms with Crippen LogP contribution in [0.3, 0.4) is 0 Å². The van der Waals surface area contributed by atoms with Crippen LogP contribution in [0.25, 0.3) is 11.3 Å². The largest absolute Gasteiger partial charge is 0.325 e. The molecule has 0 spiro atoms. The summed E-state index contributed by atoms with van der Waals surface area (Å²) in [5.41, 5.74) is 3.22. The van der Waals surface area contributed by atoms with Gasteiger partial charge in [0.2, 0.25) is 5.91 Å². The Hall–Kier alpha value is -2.73. The molecule has 0 saturated heterocycles. The average molecular weight is 367 g/mol. The number of nitrogens with one attached hydrogen (secondary N) is 1. The van der Waals surface area contributed by atoms with Crippen molar-refractivity contribution in [1.29, 1.82) is 0 Å². The minimum atomic E-state index is -0.398. The number of benzene rings is 2. The fourth-order valence-corrected chi connectivity index (χ4v) is 3.17. The van der Waals surface area contributed by atoms with Gasteiger partial charge in [-0.2, -0.15) is 0 Å². The molecule has 0 unspecified atom stereocenters. The third-order valence-electron chi connectivity index (χ3n) is 3.67. The van der Waals surface area contributed by atoms with E-state index in [1.54, 1.807) is 6.92 Å². The first kappa shape index (κ1) is 18.1. The summed E-state index contributed by atoms with van der Waals surface area (Å²) in [6, 6.07) is 17.4. The standard InChI is InChI=1S/C20H18FN3OS/c1-13-12-18(15-6-4-3-5-7-15)24-20(22-13)26-14(2)19(25)23-17-10-8-16(21)9-11-17/h3-12,14H,1-2H3,(H,23,25)/t14-/m1/s1. The number of halogens is 1. The van der Waals surface area contributed by atoms with Crippen LogP contribution in [0.1, 0.15) is 12.6 Å². The minimum absolute atomic E-state index is 0.187. The molecular formula is C20H18FN3OS. The number of carbonyl (C=O) groups excluding carboxylic acids is 1. The van der Waals surface area contributed by atoms with Crippen molar-refractivity contribution in [3.63, 3.8) is 0 Å².